The van der Waals surface area contributed by atoms with Gasteiger partial charge in [-0.15, -0.1) is 11.8 Å². The van der Waals surface area contributed by atoms with Gasteiger partial charge in [-0.1, -0.05) is 35.3 Å². The van der Waals surface area contributed by atoms with E-state index in [2.05, 4.69) is 15.1 Å². The van der Waals surface area contributed by atoms with E-state index in [0.29, 0.717) is 10.0 Å². The molecular formula is C22H21Cl2N3OS. The first kappa shape index (κ1) is 21.5. The summed E-state index contributed by atoms with van der Waals surface area (Å²) in [6.45, 7) is 5.85. The highest BCUT2D eigenvalue weighted by molar-refractivity contribution is 8.00. The average Bonchev–Trinajstić information content (AvgIpc) is 2.97. The van der Waals surface area contributed by atoms with Gasteiger partial charge in [-0.2, -0.15) is 5.10 Å². The van der Waals surface area contributed by atoms with Crippen LogP contribution in [-0.2, 0) is 4.79 Å². The number of aryl methyl sites for hydroxylation is 1. The van der Waals surface area contributed by atoms with Crippen LogP contribution in [0.5, 0.6) is 0 Å². The lowest BCUT2D eigenvalue weighted by Crippen LogP contribution is -2.26. The Morgan fingerprint density at radius 3 is 2.52 bits per heavy atom. The van der Waals surface area contributed by atoms with Crippen LogP contribution in [0.15, 0.2) is 64.6 Å². The van der Waals surface area contributed by atoms with Gasteiger partial charge in [0, 0.05) is 26.9 Å². The summed E-state index contributed by atoms with van der Waals surface area (Å²) in [5.41, 5.74) is 6.49. The zero-order valence-corrected chi connectivity index (χ0v) is 18.6. The fourth-order valence-corrected chi connectivity index (χ4v) is 4.16. The van der Waals surface area contributed by atoms with Crippen LogP contribution in [0.2, 0.25) is 10.0 Å². The zero-order valence-electron chi connectivity index (χ0n) is 16.3. The van der Waals surface area contributed by atoms with E-state index in [9.17, 15) is 4.79 Å². The smallest absolute Gasteiger partial charge is 0.253 e. The quantitative estimate of drug-likeness (QED) is 0.285. The highest BCUT2D eigenvalue weighted by Gasteiger charge is 2.14. The molecule has 1 amide bonds. The Kier molecular flexibility index (Phi) is 7.06. The van der Waals surface area contributed by atoms with Crippen molar-refractivity contribution in [1.82, 2.24) is 9.99 Å². The number of nitrogens with zero attached hydrogens (tertiary/aromatic N) is 2. The zero-order chi connectivity index (χ0) is 21.0. The van der Waals surface area contributed by atoms with E-state index in [1.165, 1.54) is 11.8 Å². The summed E-state index contributed by atoms with van der Waals surface area (Å²) in [5, 5.41) is 5.21. The fourth-order valence-electron chi connectivity index (χ4n) is 2.95. The summed E-state index contributed by atoms with van der Waals surface area (Å²) in [6.07, 6.45) is 1.66. The second-order valence-corrected chi connectivity index (χ2v) is 8.82. The van der Waals surface area contributed by atoms with Gasteiger partial charge in [0.1, 0.15) is 0 Å². The Bertz CT molecular complexity index is 1040. The molecule has 0 radical (unpaired) electrons. The Labute approximate surface area is 184 Å². The lowest BCUT2D eigenvalue weighted by atomic mass is 10.2. The molecule has 150 valence electrons. The van der Waals surface area contributed by atoms with Crippen molar-refractivity contribution in [2.24, 2.45) is 5.10 Å². The first-order chi connectivity index (χ1) is 13.9. The van der Waals surface area contributed by atoms with Crippen LogP contribution in [0.3, 0.4) is 0 Å². The number of hydrazone groups is 1. The highest BCUT2D eigenvalue weighted by Crippen LogP contribution is 2.26. The number of halogens is 2. The number of carbonyl (C=O) groups is 1. The van der Waals surface area contributed by atoms with Crippen LogP contribution in [0, 0.1) is 13.8 Å². The molecule has 0 aliphatic rings. The number of para-hydroxylation sites is 1. The van der Waals surface area contributed by atoms with Crippen molar-refractivity contribution in [3.8, 4) is 5.69 Å². The summed E-state index contributed by atoms with van der Waals surface area (Å²) in [5.74, 6) is -0.166. The summed E-state index contributed by atoms with van der Waals surface area (Å²) >= 11 is 13.7. The number of rotatable bonds is 6. The molecule has 7 heteroatoms. The molecule has 0 saturated carbocycles. The Balaban J connectivity index is 1.67. The van der Waals surface area contributed by atoms with Crippen molar-refractivity contribution in [3.05, 3.63) is 81.6 Å². The first-order valence-electron chi connectivity index (χ1n) is 9.06. The molecule has 0 saturated heterocycles. The van der Waals surface area contributed by atoms with E-state index < -0.39 is 0 Å². The van der Waals surface area contributed by atoms with Gasteiger partial charge in [0.15, 0.2) is 0 Å². The molecule has 1 aromatic heterocycles. The monoisotopic (exact) mass is 445 g/mol. The van der Waals surface area contributed by atoms with Crippen LogP contribution in [0.25, 0.3) is 5.69 Å². The molecule has 1 atom stereocenters. The number of aromatic nitrogens is 1. The predicted molar refractivity (Wildman–Crippen MR) is 123 cm³/mol. The minimum absolute atomic E-state index is 0.166. The van der Waals surface area contributed by atoms with Gasteiger partial charge >= 0.3 is 0 Å². The van der Waals surface area contributed by atoms with E-state index in [1.54, 1.807) is 18.3 Å². The summed E-state index contributed by atoms with van der Waals surface area (Å²) < 4.78 is 2.07. The molecule has 0 fully saturated rings. The van der Waals surface area contributed by atoms with Gasteiger partial charge in [-0.05, 0) is 63.2 Å². The SMILES string of the molecule is Cc1cc(/C=N/NC(=O)C(C)Sc2ccc(Cl)cc2)c(C)n1-c1ccccc1Cl. The summed E-state index contributed by atoms with van der Waals surface area (Å²) in [6, 6.07) is 17.1. The molecule has 2 aromatic carbocycles. The molecule has 0 aliphatic heterocycles. The topological polar surface area (TPSA) is 46.4 Å². The molecule has 0 aliphatic carbocycles. The number of carbonyl (C=O) groups excluding carboxylic acids is 1. The van der Waals surface area contributed by atoms with E-state index in [0.717, 1.165) is 27.5 Å². The summed E-state index contributed by atoms with van der Waals surface area (Å²) in [4.78, 5) is 13.3. The van der Waals surface area contributed by atoms with Crippen LogP contribution >= 0.6 is 35.0 Å². The highest BCUT2D eigenvalue weighted by atomic mass is 35.5. The number of thioether (sulfide) groups is 1. The van der Waals surface area contributed by atoms with Crippen molar-refractivity contribution < 1.29 is 4.79 Å². The number of benzene rings is 2. The largest absolute Gasteiger partial charge is 0.316 e. The maximum Gasteiger partial charge on any atom is 0.253 e. The standard InChI is InChI=1S/C22H21Cl2N3OS/c1-14-12-17(15(2)27(14)21-7-5-4-6-20(21)24)13-25-26-22(28)16(3)29-19-10-8-18(23)9-11-19/h4-13,16H,1-3H3,(H,26,28)/b25-13+. The number of hydrogen-bond acceptors (Lipinski definition) is 3. The van der Waals surface area contributed by atoms with Crippen LogP contribution in [0.4, 0.5) is 0 Å². The lowest BCUT2D eigenvalue weighted by molar-refractivity contribution is -0.120. The fraction of sp³-hybridized carbons (Fsp3) is 0.182. The molecular weight excluding hydrogens is 425 g/mol. The molecule has 1 heterocycles. The van der Waals surface area contributed by atoms with E-state index in [4.69, 9.17) is 23.2 Å². The van der Waals surface area contributed by atoms with Gasteiger partial charge in [-0.3, -0.25) is 4.79 Å². The van der Waals surface area contributed by atoms with Crippen molar-refractivity contribution in [1.29, 1.82) is 0 Å². The Morgan fingerprint density at radius 2 is 1.83 bits per heavy atom. The number of nitrogens with one attached hydrogen (secondary N) is 1. The van der Waals surface area contributed by atoms with E-state index in [1.807, 2.05) is 63.2 Å². The van der Waals surface area contributed by atoms with E-state index >= 15 is 0 Å². The molecule has 0 spiro atoms. The Morgan fingerprint density at radius 1 is 1.14 bits per heavy atom. The molecule has 29 heavy (non-hydrogen) atoms. The molecule has 1 N–H and O–H groups in total. The maximum atomic E-state index is 12.3. The van der Waals surface area contributed by atoms with Gasteiger partial charge in [-0.25, -0.2) is 5.43 Å². The maximum absolute atomic E-state index is 12.3. The minimum atomic E-state index is -0.288. The third kappa shape index (κ3) is 5.24. The van der Waals surface area contributed by atoms with Crippen molar-refractivity contribution in [2.45, 2.75) is 30.9 Å². The predicted octanol–water partition coefficient (Wildman–Crippen LogP) is 6.03. The minimum Gasteiger partial charge on any atom is -0.316 e. The molecule has 1 unspecified atom stereocenters. The normalized spacial score (nSPS) is 12.3. The molecule has 3 rings (SSSR count). The van der Waals surface area contributed by atoms with Crippen LogP contribution < -0.4 is 5.43 Å². The van der Waals surface area contributed by atoms with E-state index in [-0.39, 0.29) is 11.2 Å². The first-order valence-corrected chi connectivity index (χ1v) is 10.7. The van der Waals surface area contributed by atoms with Crippen LogP contribution in [-0.4, -0.2) is 21.9 Å². The second-order valence-electron chi connectivity index (χ2n) is 6.56. The average molecular weight is 446 g/mol. The Hall–Kier alpha value is -2.21. The lowest BCUT2D eigenvalue weighted by Gasteiger charge is -2.11. The van der Waals surface area contributed by atoms with Gasteiger partial charge in [0.25, 0.3) is 5.91 Å². The number of hydrogen-bond donors (Lipinski definition) is 1. The van der Waals surface area contributed by atoms with Crippen molar-refractivity contribution in [2.75, 3.05) is 0 Å². The third-order valence-electron chi connectivity index (χ3n) is 4.44. The van der Waals surface area contributed by atoms with Crippen molar-refractivity contribution in [3.63, 3.8) is 0 Å². The van der Waals surface area contributed by atoms with Crippen LogP contribution in [0.1, 0.15) is 23.9 Å². The molecule has 0 bridgehead atoms. The molecule has 3 aromatic rings. The van der Waals surface area contributed by atoms with Gasteiger partial charge < -0.3 is 4.57 Å². The summed E-state index contributed by atoms with van der Waals surface area (Å²) in [7, 11) is 0. The van der Waals surface area contributed by atoms with Crippen molar-refractivity contribution >= 4 is 47.1 Å². The van der Waals surface area contributed by atoms with Gasteiger partial charge in [0.05, 0.1) is 22.2 Å². The second kappa shape index (κ2) is 9.53. The number of amides is 1. The molecule has 4 nitrogen and oxygen atoms in total. The third-order valence-corrected chi connectivity index (χ3v) is 6.12. The van der Waals surface area contributed by atoms with Gasteiger partial charge in [0.2, 0.25) is 0 Å².